The first kappa shape index (κ1) is 18.3. The molecule has 6 nitrogen and oxygen atoms in total. The molecule has 3 rings (SSSR count). The molecule has 0 amide bonds. The Labute approximate surface area is 153 Å². The lowest BCUT2D eigenvalue weighted by Crippen LogP contribution is -2.31. The van der Waals surface area contributed by atoms with Crippen molar-refractivity contribution in [1.82, 2.24) is 19.5 Å². The third-order valence-electron chi connectivity index (χ3n) is 4.43. The van der Waals surface area contributed by atoms with Crippen LogP contribution in [0.1, 0.15) is 43.1 Å². The van der Waals surface area contributed by atoms with E-state index in [4.69, 9.17) is 11.6 Å². The maximum Gasteiger partial charge on any atom is 0.334 e. The van der Waals surface area contributed by atoms with Crippen LogP contribution in [0.15, 0.2) is 21.7 Å². The smallest absolute Gasteiger partial charge is 0.273 e. The van der Waals surface area contributed by atoms with Crippen LogP contribution in [0, 0.1) is 19.7 Å². The van der Waals surface area contributed by atoms with Crippen LogP contribution in [-0.2, 0) is 0 Å². The number of aryl methyl sites for hydroxylation is 2. The van der Waals surface area contributed by atoms with Gasteiger partial charge in [-0.05, 0) is 38.0 Å². The molecular formula is C18H18ClFN4O2. The van der Waals surface area contributed by atoms with E-state index in [1.807, 2.05) is 33.8 Å². The molecule has 0 radical (unpaired) electrons. The number of nitrogens with one attached hydrogen (secondary N) is 1. The molecule has 0 saturated carbocycles. The van der Waals surface area contributed by atoms with E-state index in [9.17, 15) is 14.0 Å². The predicted octanol–water partition coefficient (Wildman–Crippen LogP) is 3.39. The van der Waals surface area contributed by atoms with Gasteiger partial charge in [0.1, 0.15) is 0 Å². The zero-order valence-electron chi connectivity index (χ0n) is 14.9. The minimum Gasteiger partial charge on any atom is -0.273 e. The molecule has 0 saturated heterocycles. The molecule has 0 fully saturated rings. The van der Waals surface area contributed by atoms with Crippen molar-refractivity contribution < 1.29 is 4.39 Å². The normalized spacial score (nSPS) is 12.5. The molecule has 1 unspecified atom stereocenters. The third kappa shape index (κ3) is 2.92. The van der Waals surface area contributed by atoms with Gasteiger partial charge in [0.25, 0.3) is 5.56 Å². The Morgan fingerprint density at radius 2 is 1.96 bits per heavy atom. The lowest BCUT2D eigenvalue weighted by atomic mass is 9.99. The number of rotatable bonds is 3. The van der Waals surface area contributed by atoms with Crippen molar-refractivity contribution >= 4 is 22.6 Å². The minimum absolute atomic E-state index is 0.00320. The van der Waals surface area contributed by atoms with E-state index < -0.39 is 22.2 Å². The van der Waals surface area contributed by atoms with E-state index in [1.54, 1.807) is 0 Å². The molecule has 0 aliphatic rings. The fraction of sp³-hybridized carbons (Fsp3) is 0.333. The molecule has 1 N–H and O–H groups in total. The highest BCUT2D eigenvalue weighted by molar-refractivity contribution is 6.29. The van der Waals surface area contributed by atoms with Crippen LogP contribution >= 0.6 is 11.6 Å². The Hall–Kier alpha value is -2.54. The Bertz CT molecular complexity index is 1140. The van der Waals surface area contributed by atoms with Gasteiger partial charge >= 0.3 is 5.69 Å². The van der Waals surface area contributed by atoms with E-state index in [0.29, 0.717) is 11.4 Å². The van der Waals surface area contributed by atoms with Gasteiger partial charge in [0.2, 0.25) is 0 Å². The molecule has 3 heterocycles. The molecule has 0 bridgehead atoms. The quantitative estimate of drug-likeness (QED) is 0.710. The van der Waals surface area contributed by atoms with E-state index in [2.05, 4.69) is 15.0 Å². The fourth-order valence-corrected chi connectivity index (χ4v) is 3.14. The molecule has 3 aromatic rings. The highest BCUT2D eigenvalue weighted by Crippen LogP contribution is 2.28. The van der Waals surface area contributed by atoms with E-state index in [1.165, 1.54) is 4.57 Å². The van der Waals surface area contributed by atoms with Gasteiger partial charge in [-0.15, -0.1) is 0 Å². The van der Waals surface area contributed by atoms with Crippen LogP contribution in [-0.4, -0.2) is 19.5 Å². The van der Waals surface area contributed by atoms with Gasteiger partial charge in [0, 0.05) is 11.6 Å². The summed E-state index contributed by atoms with van der Waals surface area (Å²) in [6.45, 7) is 7.75. The molecular weight excluding hydrogens is 359 g/mol. The summed E-state index contributed by atoms with van der Waals surface area (Å²) in [6, 6.07) is 2.83. The van der Waals surface area contributed by atoms with Gasteiger partial charge in [-0.3, -0.25) is 14.8 Å². The predicted molar refractivity (Wildman–Crippen MR) is 98.9 cm³/mol. The van der Waals surface area contributed by atoms with Gasteiger partial charge in [0.15, 0.2) is 16.6 Å². The summed E-state index contributed by atoms with van der Waals surface area (Å²) in [4.78, 5) is 35.6. The molecule has 0 aliphatic heterocycles. The molecule has 1 atom stereocenters. The Morgan fingerprint density at radius 1 is 1.27 bits per heavy atom. The lowest BCUT2D eigenvalue weighted by molar-refractivity contribution is 0.623. The zero-order chi connectivity index (χ0) is 19.2. The minimum atomic E-state index is -0.823. The standard InChI is InChI=1S/C18H18ClFN4O2/c1-5-8(2)13-14(9(3)6-10(4)21-13)24-16-11(17(25)23-18(24)26)7-12(20)15(19)22-16/h6-8H,5H2,1-4H3,(H,23,25,26). The summed E-state index contributed by atoms with van der Waals surface area (Å²) >= 11 is 5.82. The summed E-state index contributed by atoms with van der Waals surface area (Å²) in [7, 11) is 0. The lowest BCUT2D eigenvalue weighted by Gasteiger charge is -2.19. The van der Waals surface area contributed by atoms with Crippen molar-refractivity contribution in [2.75, 3.05) is 0 Å². The summed E-state index contributed by atoms with van der Waals surface area (Å²) in [5.41, 5.74) is 1.48. The monoisotopic (exact) mass is 376 g/mol. The van der Waals surface area contributed by atoms with Crippen molar-refractivity contribution in [3.05, 3.63) is 60.9 Å². The number of fused-ring (bicyclic) bond motifs is 1. The largest absolute Gasteiger partial charge is 0.334 e. The van der Waals surface area contributed by atoms with Crippen LogP contribution in [0.2, 0.25) is 5.15 Å². The van der Waals surface area contributed by atoms with E-state index in [-0.39, 0.29) is 17.0 Å². The highest BCUT2D eigenvalue weighted by Gasteiger charge is 2.21. The summed E-state index contributed by atoms with van der Waals surface area (Å²) in [6.07, 6.45) is 0.807. The molecule has 8 heteroatoms. The SMILES string of the molecule is CCC(C)c1nc(C)cc(C)c1-n1c(=O)[nH]c(=O)c2cc(F)c(Cl)nc21. The van der Waals surface area contributed by atoms with Crippen molar-refractivity contribution in [3.63, 3.8) is 0 Å². The number of pyridine rings is 2. The Morgan fingerprint density at radius 3 is 2.62 bits per heavy atom. The molecule has 136 valence electrons. The van der Waals surface area contributed by atoms with Gasteiger partial charge in [0.05, 0.1) is 16.8 Å². The number of hydrogen-bond acceptors (Lipinski definition) is 4. The molecule has 0 aliphatic carbocycles. The summed E-state index contributed by atoms with van der Waals surface area (Å²) in [5, 5.41) is -0.458. The van der Waals surface area contributed by atoms with E-state index in [0.717, 1.165) is 23.7 Å². The summed E-state index contributed by atoms with van der Waals surface area (Å²) in [5.74, 6) is -0.760. The number of hydrogen-bond donors (Lipinski definition) is 1. The third-order valence-corrected chi connectivity index (χ3v) is 4.70. The number of nitrogens with zero attached hydrogens (tertiary/aromatic N) is 3. The van der Waals surface area contributed by atoms with Crippen molar-refractivity contribution in [2.45, 2.75) is 40.0 Å². The van der Waals surface area contributed by atoms with Crippen molar-refractivity contribution in [3.8, 4) is 5.69 Å². The van der Waals surface area contributed by atoms with E-state index >= 15 is 0 Å². The van der Waals surface area contributed by atoms with Crippen LogP contribution in [0.5, 0.6) is 0 Å². The average molecular weight is 377 g/mol. The van der Waals surface area contributed by atoms with Gasteiger partial charge in [-0.25, -0.2) is 18.7 Å². The highest BCUT2D eigenvalue weighted by atomic mass is 35.5. The molecule has 0 spiro atoms. The number of aromatic nitrogens is 4. The fourth-order valence-electron chi connectivity index (χ4n) is 3.01. The van der Waals surface area contributed by atoms with Crippen molar-refractivity contribution in [2.24, 2.45) is 0 Å². The van der Waals surface area contributed by atoms with Crippen molar-refractivity contribution in [1.29, 1.82) is 0 Å². The molecule has 0 aromatic carbocycles. The maximum atomic E-state index is 13.8. The Kier molecular flexibility index (Phi) is 4.66. The van der Waals surface area contributed by atoms with Crippen LogP contribution in [0.4, 0.5) is 4.39 Å². The average Bonchev–Trinajstić information content (AvgIpc) is 2.57. The van der Waals surface area contributed by atoms with Gasteiger partial charge < -0.3 is 0 Å². The van der Waals surface area contributed by atoms with Crippen LogP contribution < -0.4 is 11.2 Å². The molecule has 3 aromatic heterocycles. The first-order chi connectivity index (χ1) is 12.2. The second-order valence-corrected chi connectivity index (χ2v) is 6.71. The van der Waals surface area contributed by atoms with Crippen LogP contribution in [0.3, 0.4) is 0 Å². The second-order valence-electron chi connectivity index (χ2n) is 6.35. The van der Waals surface area contributed by atoms with Crippen LogP contribution in [0.25, 0.3) is 16.7 Å². The zero-order valence-corrected chi connectivity index (χ0v) is 15.6. The topological polar surface area (TPSA) is 80.6 Å². The molecule has 26 heavy (non-hydrogen) atoms. The van der Waals surface area contributed by atoms with Gasteiger partial charge in [-0.2, -0.15) is 0 Å². The first-order valence-electron chi connectivity index (χ1n) is 8.24. The maximum absolute atomic E-state index is 13.8. The number of H-pyrrole nitrogens is 1. The Balaban J connectivity index is 2.53. The first-order valence-corrected chi connectivity index (χ1v) is 8.62. The number of aromatic amines is 1. The number of halogens is 2. The second kappa shape index (κ2) is 6.64. The van der Waals surface area contributed by atoms with Gasteiger partial charge in [-0.1, -0.05) is 25.4 Å². The summed E-state index contributed by atoms with van der Waals surface area (Å²) < 4.78 is 15.1.